The summed E-state index contributed by atoms with van der Waals surface area (Å²) < 4.78 is 29.4. The van der Waals surface area contributed by atoms with Crippen molar-refractivity contribution in [3.63, 3.8) is 0 Å². The molecule has 0 bridgehead atoms. The monoisotopic (exact) mass is 462 g/mol. The zero-order chi connectivity index (χ0) is 24.1. The molecule has 0 radical (unpaired) electrons. The minimum Gasteiger partial charge on any atom is -0.507 e. The Bertz CT molecular complexity index is 1090. The smallest absolute Gasteiger partial charge is 0.231 e. The standard InChI is InChI=1S/C24H27FO8/c1-13-9-18(29)22(17(28)5-3-15-4-6-19-16(11-15)7-8-31-19)20(10-13)32-24(23(30)14(2)27)33-21(25)12-26/h4,6-11,14,21,23-24,26-27,29-30H,3,5,12H2,1-2H3. The number of hydrogen-bond acceptors (Lipinski definition) is 8. The van der Waals surface area contributed by atoms with Crippen LogP contribution in [0.2, 0.25) is 0 Å². The number of carbonyl (C=O) groups excluding carboxylic acids is 1. The van der Waals surface area contributed by atoms with Crippen molar-refractivity contribution in [2.75, 3.05) is 6.61 Å². The zero-order valence-electron chi connectivity index (χ0n) is 18.3. The summed E-state index contributed by atoms with van der Waals surface area (Å²) in [5.74, 6) is -0.929. The van der Waals surface area contributed by atoms with E-state index in [1.165, 1.54) is 19.1 Å². The molecule has 1 aromatic heterocycles. The molecule has 9 heteroatoms. The second-order valence-corrected chi connectivity index (χ2v) is 7.82. The van der Waals surface area contributed by atoms with Crippen molar-refractivity contribution in [3.8, 4) is 11.5 Å². The maximum Gasteiger partial charge on any atom is 0.231 e. The van der Waals surface area contributed by atoms with Crippen molar-refractivity contribution >= 4 is 16.8 Å². The van der Waals surface area contributed by atoms with E-state index in [0.29, 0.717) is 12.0 Å². The normalized spacial score (nSPS) is 15.2. The van der Waals surface area contributed by atoms with Crippen molar-refractivity contribution in [2.24, 2.45) is 0 Å². The fraction of sp³-hybridized carbons (Fsp3) is 0.375. The molecule has 0 saturated heterocycles. The number of phenols is 1. The number of carbonyl (C=O) groups is 1. The van der Waals surface area contributed by atoms with Crippen LogP contribution in [-0.2, 0) is 11.2 Å². The molecule has 2 aromatic carbocycles. The van der Waals surface area contributed by atoms with Crippen molar-refractivity contribution in [2.45, 2.75) is 51.5 Å². The van der Waals surface area contributed by atoms with Gasteiger partial charge >= 0.3 is 0 Å². The summed E-state index contributed by atoms with van der Waals surface area (Å²) in [5, 5.41) is 40.2. The number of ether oxygens (including phenoxy) is 2. The Morgan fingerprint density at radius 1 is 1.18 bits per heavy atom. The topological polar surface area (TPSA) is 130 Å². The first-order valence-corrected chi connectivity index (χ1v) is 10.5. The van der Waals surface area contributed by atoms with E-state index in [1.54, 1.807) is 19.3 Å². The van der Waals surface area contributed by atoms with Crippen molar-refractivity contribution in [3.05, 3.63) is 59.4 Å². The van der Waals surface area contributed by atoms with E-state index in [0.717, 1.165) is 16.5 Å². The summed E-state index contributed by atoms with van der Waals surface area (Å²) in [6.07, 6.45) is -5.02. The second kappa shape index (κ2) is 10.8. The van der Waals surface area contributed by atoms with Crippen LogP contribution in [0.15, 0.2) is 47.1 Å². The number of rotatable bonds is 11. The molecule has 0 spiro atoms. The van der Waals surface area contributed by atoms with Gasteiger partial charge in [0, 0.05) is 11.8 Å². The molecule has 0 aliphatic heterocycles. The molecule has 33 heavy (non-hydrogen) atoms. The number of Topliss-reactive ketones (excluding diaryl/α,β-unsaturated/α-hetero) is 1. The van der Waals surface area contributed by atoms with Crippen LogP contribution in [0.25, 0.3) is 11.0 Å². The highest BCUT2D eigenvalue weighted by atomic mass is 19.1. The third-order valence-corrected chi connectivity index (χ3v) is 5.10. The van der Waals surface area contributed by atoms with Gasteiger partial charge in [0.1, 0.15) is 28.7 Å². The molecule has 0 aliphatic carbocycles. The Kier molecular flexibility index (Phi) is 8.04. The Labute approximate surface area is 189 Å². The van der Waals surface area contributed by atoms with Crippen LogP contribution in [0.1, 0.15) is 34.8 Å². The van der Waals surface area contributed by atoms with Crippen molar-refractivity contribution < 1.29 is 43.5 Å². The molecule has 8 nitrogen and oxygen atoms in total. The molecule has 1 heterocycles. The summed E-state index contributed by atoms with van der Waals surface area (Å²) in [4.78, 5) is 13.0. The van der Waals surface area contributed by atoms with E-state index < -0.39 is 37.2 Å². The first kappa shape index (κ1) is 24.7. The quantitative estimate of drug-likeness (QED) is 0.253. The number of ketones is 1. The van der Waals surface area contributed by atoms with E-state index in [4.69, 9.17) is 19.0 Å². The third-order valence-electron chi connectivity index (χ3n) is 5.10. The summed E-state index contributed by atoms with van der Waals surface area (Å²) in [5.41, 5.74) is 2.00. The van der Waals surface area contributed by atoms with Crippen molar-refractivity contribution in [1.82, 2.24) is 0 Å². The molecule has 0 amide bonds. The minimum atomic E-state index is -2.20. The molecular formula is C24H27FO8. The van der Waals surface area contributed by atoms with Crippen LogP contribution < -0.4 is 4.74 Å². The average Bonchev–Trinajstić information content (AvgIpc) is 3.23. The molecule has 178 valence electrons. The third kappa shape index (κ3) is 6.08. The summed E-state index contributed by atoms with van der Waals surface area (Å²) >= 11 is 0. The lowest BCUT2D eigenvalue weighted by Gasteiger charge is -2.28. The second-order valence-electron chi connectivity index (χ2n) is 7.82. The van der Waals surface area contributed by atoms with E-state index in [1.807, 2.05) is 18.2 Å². The molecule has 0 fully saturated rings. The highest BCUT2D eigenvalue weighted by molar-refractivity contribution is 6.01. The van der Waals surface area contributed by atoms with Gasteiger partial charge in [0.15, 0.2) is 5.78 Å². The molecule has 0 aliphatic rings. The number of phenolic OH excluding ortho intramolecular Hbond substituents is 1. The van der Waals surface area contributed by atoms with E-state index in [-0.39, 0.29) is 23.5 Å². The fourth-order valence-corrected chi connectivity index (χ4v) is 3.38. The highest BCUT2D eigenvalue weighted by Crippen LogP contribution is 2.33. The molecule has 4 N–H and O–H groups in total. The molecule has 4 unspecified atom stereocenters. The molecule has 0 saturated carbocycles. The van der Waals surface area contributed by atoms with Gasteiger partial charge in [-0.05, 0) is 61.7 Å². The highest BCUT2D eigenvalue weighted by Gasteiger charge is 2.31. The van der Waals surface area contributed by atoms with E-state index >= 15 is 0 Å². The zero-order valence-corrected chi connectivity index (χ0v) is 18.3. The van der Waals surface area contributed by atoms with Crippen LogP contribution in [0.5, 0.6) is 11.5 Å². The van der Waals surface area contributed by atoms with Gasteiger partial charge in [-0.15, -0.1) is 0 Å². The number of aliphatic hydroxyl groups is 3. The SMILES string of the molecule is Cc1cc(O)c(C(=O)CCc2ccc3occc3c2)c(OC(OC(F)CO)C(O)C(C)O)c1. The maximum atomic E-state index is 13.7. The van der Waals surface area contributed by atoms with E-state index in [9.17, 15) is 24.5 Å². The first-order valence-electron chi connectivity index (χ1n) is 10.5. The van der Waals surface area contributed by atoms with Gasteiger partial charge < -0.3 is 34.3 Å². The summed E-state index contributed by atoms with van der Waals surface area (Å²) in [7, 11) is 0. The first-order chi connectivity index (χ1) is 15.7. The average molecular weight is 462 g/mol. The number of hydrogen-bond donors (Lipinski definition) is 4. The van der Waals surface area contributed by atoms with Gasteiger partial charge in [-0.25, -0.2) is 4.39 Å². The van der Waals surface area contributed by atoms with Gasteiger partial charge in [0.05, 0.1) is 19.0 Å². The minimum absolute atomic E-state index is 0.0309. The number of fused-ring (bicyclic) bond motifs is 1. The molecule has 3 aromatic rings. The van der Waals surface area contributed by atoms with Gasteiger partial charge in [0.2, 0.25) is 12.6 Å². The number of aromatic hydroxyl groups is 1. The lowest BCUT2D eigenvalue weighted by Crippen LogP contribution is -2.43. The van der Waals surface area contributed by atoms with Gasteiger partial charge in [-0.3, -0.25) is 4.79 Å². The maximum absolute atomic E-state index is 13.7. The van der Waals surface area contributed by atoms with E-state index in [2.05, 4.69) is 0 Å². The lowest BCUT2D eigenvalue weighted by atomic mass is 9.99. The van der Waals surface area contributed by atoms with Crippen LogP contribution in [0, 0.1) is 6.92 Å². The van der Waals surface area contributed by atoms with Crippen LogP contribution in [0.3, 0.4) is 0 Å². The van der Waals surface area contributed by atoms with Crippen LogP contribution in [-0.4, -0.2) is 57.7 Å². The summed E-state index contributed by atoms with van der Waals surface area (Å²) in [6.45, 7) is 1.89. The fourth-order valence-electron chi connectivity index (χ4n) is 3.38. The van der Waals surface area contributed by atoms with Gasteiger partial charge in [-0.1, -0.05) is 6.07 Å². The number of alkyl halides is 1. The molecule has 3 rings (SSSR count). The Morgan fingerprint density at radius 3 is 2.64 bits per heavy atom. The predicted molar refractivity (Wildman–Crippen MR) is 117 cm³/mol. The Morgan fingerprint density at radius 2 is 1.94 bits per heavy atom. The molecular weight excluding hydrogens is 435 g/mol. The number of benzene rings is 2. The predicted octanol–water partition coefficient (Wildman–Crippen LogP) is 3.01. The van der Waals surface area contributed by atoms with Crippen LogP contribution >= 0.6 is 0 Å². The van der Waals surface area contributed by atoms with Crippen molar-refractivity contribution in [1.29, 1.82) is 0 Å². The number of aliphatic hydroxyl groups excluding tert-OH is 3. The number of halogens is 1. The number of aryl methyl sites for hydroxylation is 2. The Hall–Kier alpha value is -2.98. The van der Waals surface area contributed by atoms with Crippen LogP contribution in [0.4, 0.5) is 4.39 Å². The number of furan rings is 1. The lowest BCUT2D eigenvalue weighted by molar-refractivity contribution is -0.227. The molecule has 4 atom stereocenters. The van der Waals surface area contributed by atoms with Gasteiger partial charge in [0.25, 0.3) is 0 Å². The van der Waals surface area contributed by atoms with Gasteiger partial charge in [-0.2, -0.15) is 0 Å². The largest absolute Gasteiger partial charge is 0.507 e. The summed E-state index contributed by atoms with van der Waals surface area (Å²) in [6, 6.07) is 10.2. The Balaban J connectivity index is 1.84.